The van der Waals surface area contributed by atoms with Crippen LogP contribution in [0.5, 0.6) is 11.5 Å². The van der Waals surface area contributed by atoms with E-state index in [2.05, 4.69) is 60.0 Å². The average Bonchev–Trinajstić information content (AvgIpc) is 2.65. The van der Waals surface area contributed by atoms with Crippen molar-refractivity contribution in [3.05, 3.63) is 65.9 Å². The van der Waals surface area contributed by atoms with Crippen molar-refractivity contribution >= 4 is 23.1 Å². The number of aryl methyl sites for hydroxylation is 1. The van der Waals surface area contributed by atoms with Gasteiger partial charge in [0.25, 0.3) is 0 Å². The van der Waals surface area contributed by atoms with Crippen molar-refractivity contribution in [3.63, 3.8) is 0 Å². The highest BCUT2D eigenvalue weighted by molar-refractivity contribution is 5.77. The predicted molar refractivity (Wildman–Crippen MR) is 98.3 cm³/mol. The lowest BCUT2D eigenvalue weighted by molar-refractivity contribution is -0.669. The van der Waals surface area contributed by atoms with E-state index in [0.717, 1.165) is 29.3 Å². The summed E-state index contributed by atoms with van der Waals surface area (Å²) in [6.07, 6.45) is 4.20. The van der Waals surface area contributed by atoms with Crippen molar-refractivity contribution in [3.8, 4) is 11.5 Å². The second kappa shape index (κ2) is 7.18. The Morgan fingerprint density at radius 1 is 0.917 bits per heavy atom. The van der Waals surface area contributed by atoms with Crippen LogP contribution in [-0.4, -0.2) is 14.2 Å². The highest BCUT2D eigenvalue weighted by Gasteiger charge is 2.11. The van der Waals surface area contributed by atoms with Crippen LogP contribution in [0, 0.1) is 0 Å². The molecule has 2 aromatic carbocycles. The van der Waals surface area contributed by atoms with Crippen LogP contribution in [0.1, 0.15) is 18.2 Å². The summed E-state index contributed by atoms with van der Waals surface area (Å²) in [4.78, 5) is 0. The number of methoxy groups -OCH3 is 2. The second-order valence-corrected chi connectivity index (χ2v) is 5.50. The van der Waals surface area contributed by atoms with Gasteiger partial charge in [0, 0.05) is 35.2 Å². The van der Waals surface area contributed by atoms with Crippen molar-refractivity contribution in [2.24, 2.45) is 0 Å². The summed E-state index contributed by atoms with van der Waals surface area (Å²) in [5.41, 5.74) is 3.42. The molecule has 0 saturated heterocycles. The monoisotopic (exact) mass is 320 g/mol. The van der Waals surface area contributed by atoms with Crippen molar-refractivity contribution in [2.45, 2.75) is 13.5 Å². The first-order chi connectivity index (χ1) is 11.8. The summed E-state index contributed by atoms with van der Waals surface area (Å²) in [6, 6.07) is 18.6. The SMILES string of the molecule is CC[n+]1c(C=Cc2ccc(OC)cc2OC)ccc2ccccc21. The first-order valence-electron chi connectivity index (χ1n) is 8.08. The van der Waals surface area contributed by atoms with Crippen molar-refractivity contribution in [1.82, 2.24) is 0 Å². The van der Waals surface area contributed by atoms with Gasteiger partial charge < -0.3 is 9.47 Å². The van der Waals surface area contributed by atoms with Gasteiger partial charge in [0.15, 0.2) is 0 Å². The number of aromatic nitrogens is 1. The highest BCUT2D eigenvalue weighted by atomic mass is 16.5. The highest BCUT2D eigenvalue weighted by Crippen LogP contribution is 2.26. The van der Waals surface area contributed by atoms with Crippen LogP contribution >= 0.6 is 0 Å². The first-order valence-corrected chi connectivity index (χ1v) is 8.08. The van der Waals surface area contributed by atoms with E-state index in [4.69, 9.17) is 9.47 Å². The molecule has 0 unspecified atom stereocenters. The van der Waals surface area contributed by atoms with Gasteiger partial charge in [0.05, 0.1) is 14.2 Å². The van der Waals surface area contributed by atoms with Crippen molar-refractivity contribution in [2.75, 3.05) is 14.2 Å². The van der Waals surface area contributed by atoms with Gasteiger partial charge >= 0.3 is 0 Å². The molecule has 0 bridgehead atoms. The fraction of sp³-hybridized carbons (Fsp3) is 0.190. The molecular weight excluding hydrogens is 298 g/mol. The maximum Gasteiger partial charge on any atom is 0.212 e. The number of ether oxygens (including phenoxy) is 2. The van der Waals surface area contributed by atoms with Crippen LogP contribution in [0.25, 0.3) is 23.1 Å². The van der Waals surface area contributed by atoms with Gasteiger partial charge in [-0.05, 0) is 37.3 Å². The fourth-order valence-corrected chi connectivity index (χ4v) is 2.91. The minimum Gasteiger partial charge on any atom is -0.497 e. The largest absolute Gasteiger partial charge is 0.497 e. The third kappa shape index (κ3) is 3.11. The van der Waals surface area contributed by atoms with Gasteiger partial charge in [-0.3, -0.25) is 0 Å². The normalized spacial score (nSPS) is 11.1. The summed E-state index contributed by atoms with van der Waals surface area (Å²) in [5.74, 6) is 1.59. The lowest BCUT2D eigenvalue weighted by Crippen LogP contribution is -2.36. The topological polar surface area (TPSA) is 22.3 Å². The van der Waals surface area contributed by atoms with E-state index in [1.165, 1.54) is 10.9 Å². The predicted octanol–water partition coefficient (Wildman–Crippen LogP) is 4.33. The van der Waals surface area contributed by atoms with Crippen molar-refractivity contribution in [1.29, 1.82) is 0 Å². The molecule has 0 aliphatic rings. The Morgan fingerprint density at radius 2 is 1.75 bits per heavy atom. The minimum absolute atomic E-state index is 0.790. The van der Waals surface area contributed by atoms with Gasteiger partial charge in [0.1, 0.15) is 18.0 Å². The summed E-state index contributed by atoms with van der Waals surface area (Å²) in [7, 11) is 3.33. The molecule has 3 heteroatoms. The number of pyridine rings is 1. The smallest absolute Gasteiger partial charge is 0.212 e. The number of fused-ring (bicyclic) bond motifs is 1. The Bertz CT molecular complexity index is 884. The molecule has 0 spiro atoms. The Kier molecular flexibility index (Phi) is 4.80. The van der Waals surface area contributed by atoms with Gasteiger partial charge in [-0.2, -0.15) is 4.57 Å². The molecule has 24 heavy (non-hydrogen) atoms. The number of rotatable bonds is 5. The zero-order valence-corrected chi connectivity index (χ0v) is 14.3. The molecule has 0 aliphatic heterocycles. The van der Waals surface area contributed by atoms with Gasteiger partial charge in [-0.1, -0.05) is 12.1 Å². The summed E-state index contributed by atoms with van der Waals surface area (Å²) >= 11 is 0. The molecule has 1 aromatic heterocycles. The van der Waals surface area contributed by atoms with Crippen LogP contribution < -0.4 is 14.0 Å². The number of para-hydroxylation sites is 1. The molecular formula is C21H22NO2+. The maximum absolute atomic E-state index is 5.47. The number of nitrogens with zero attached hydrogens (tertiary/aromatic N) is 1. The third-order valence-electron chi connectivity index (χ3n) is 4.16. The van der Waals surface area contributed by atoms with Crippen LogP contribution in [-0.2, 0) is 6.54 Å². The molecule has 0 atom stereocenters. The first kappa shape index (κ1) is 16.1. The van der Waals surface area contributed by atoms with E-state index in [9.17, 15) is 0 Å². The Hall–Kier alpha value is -2.81. The van der Waals surface area contributed by atoms with E-state index in [1.54, 1.807) is 14.2 Å². The van der Waals surface area contributed by atoms with Crippen LogP contribution in [0.4, 0.5) is 0 Å². The van der Waals surface area contributed by atoms with E-state index in [0.29, 0.717) is 0 Å². The Balaban J connectivity index is 2.02. The third-order valence-corrected chi connectivity index (χ3v) is 4.16. The molecule has 0 amide bonds. The van der Waals surface area contributed by atoms with Gasteiger partial charge in [0.2, 0.25) is 11.2 Å². The van der Waals surface area contributed by atoms with Crippen molar-refractivity contribution < 1.29 is 14.0 Å². The lowest BCUT2D eigenvalue weighted by atomic mass is 10.1. The van der Waals surface area contributed by atoms with E-state index in [1.807, 2.05) is 18.2 Å². The van der Waals surface area contributed by atoms with E-state index in [-0.39, 0.29) is 0 Å². The van der Waals surface area contributed by atoms with E-state index < -0.39 is 0 Å². The molecule has 0 fully saturated rings. The number of hydrogen-bond acceptors (Lipinski definition) is 2. The van der Waals surface area contributed by atoms with Crippen LogP contribution in [0.2, 0.25) is 0 Å². The fourth-order valence-electron chi connectivity index (χ4n) is 2.91. The molecule has 3 rings (SSSR count). The molecule has 1 heterocycles. The van der Waals surface area contributed by atoms with Gasteiger partial charge in [-0.25, -0.2) is 0 Å². The number of benzene rings is 2. The zero-order valence-electron chi connectivity index (χ0n) is 14.3. The summed E-state index contributed by atoms with van der Waals surface area (Å²) in [6.45, 7) is 3.08. The van der Waals surface area contributed by atoms with Crippen LogP contribution in [0.15, 0.2) is 54.6 Å². The molecule has 0 radical (unpaired) electrons. The summed E-state index contributed by atoms with van der Waals surface area (Å²) < 4.78 is 13.0. The molecule has 0 aliphatic carbocycles. The Morgan fingerprint density at radius 3 is 2.50 bits per heavy atom. The van der Waals surface area contributed by atoms with Gasteiger partial charge in [-0.15, -0.1) is 0 Å². The molecule has 0 N–H and O–H groups in total. The average molecular weight is 320 g/mol. The molecule has 3 nitrogen and oxygen atoms in total. The minimum atomic E-state index is 0.790. The Labute approximate surface area is 142 Å². The zero-order chi connectivity index (χ0) is 16.9. The second-order valence-electron chi connectivity index (χ2n) is 5.50. The molecule has 0 saturated carbocycles. The molecule has 3 aromatic rings. The summed E-state index contributed by atoms with van der Waals surface area (Å²) in [5, 5.41) is 1.25. The lowest BCUT2D eigenvalue weighted by Gasteiger charge is -2.07. The maximum atomic E-state index is 5.47. The standard InChI is InChI=1S/C21H22NO2/c1-4-22-18(12-9-16-7-5-6-8-20(16)22)13-10-17-11-14-19(23-2)15-21(17)24-3/h5-15H,4H2,1-3H3/q+1. The van der Waals surface area contributed by atoms with E-state index >= 15 is 0 Å². The molecule has 122 valence electrons. The quantitative estimate of drug-likeness (QED) is 0.653. The number of hydrogen-bond donors (Lipinski definition) is 0. The van der Waals surface area contributed by atoms with Crippen LogP contribution in [0.3, 0.4) is 0 Å².